The van der Waals surface area contributed by atoms with E-state index in [0.717, 1.165) is 21.7 Å². The van der Waals surface area contributed by atoms with Crippen LogP contribution in [0.4, 0.5) is 5.13 Å². The summed E-state index contributed by atoms with van der Waals surface area (Å²) in [6.45, 7) is 0. The van der Waals surface area contributed by atoms with Crippen molar-refractivity contribution < 1.29 is 19.2 Å². The Morgan fingerprint density at radius 3 is 2.79 bits per heavy atom. The molecule has 3 N–H and O–H groups in total. The van der Waals surface area contributed by atoms with Crippen LogP contribution in [0, 0.1) is 0 Å². The number of carbonyl (C=O) groups excluding carboxylic acids is 3. The Hall–Kier alpha value is -3.01. The third-order valence-corrected chi connectivity index (χ3v) is 8.19. The molecule has 0 bridgehead atoms. The Labute approximate surface area is 210 Å². The molecule has 0 radical (unpaired) electrons. The average molecular weight is 534 g/mol. The molecule has 0 aliphatic carbocycles. The molecule has 15 heteroatoms. The molecular formula is C19H15N7O4S4. The molecule has 174 valence electrons. The highest BCUT2D eigenvalue weighted by atomic mass is 32.2. The van der Waals surface area contributed by atoms with Crippen LogP contribution in [0.15, 0.2) is 35.1 Å². The number of nitrogens with one attached hydrogen (secondary N) is 1. The lowest BCUT2D eigenvalue weighted by atomic mass is 10.0. The maximum Gasteiger partial charge on any atom is 0.278 e. The zero-order valence-electron chi connectivity index (χ0n) is 17.3. The normalized spacial score (nSPS) is 20.2. The fourth-order valence-corrected chi connectivity index (χ4v) is 6.72. The molecule has 2 amide bonds. The van der Waals surface area contributed by atoms with E-state index >= 15 is 0 Å². The number of aromatic nitrogens is 3. The summed E-state index contributed by atoms with van der Waals surface area (Å²) in [5, 5.41) is 6.11. The van der Waals surface area contributed by atoms with Crippen LogP contribution < -0.4 is 11.1 Å². The van der Waals surface area contributed by atoms with Gasteiger partial charge in [0, 0.05) is 22.9 Å². The van der Waals surface area contributed by atoms with E-state index < -0.39 is 28.3 Å². The minimum atomic E-state index is -0.880. The lowest BCUT2D eigenvalue weighted by Gasteiger charge is -2.49. The largest absolute Gasteiger partial charge is 0.398 e. The Kier molecular flexibility index (Phi) is 6.01. The molecule has 2 aliphatic rings. The van der Waals surface area contributed by atoms with Crippen LogP contribution in [0.1, 0.15) is 10.8 Å². The number of carbonyl (C=O) groups is 3. The zero-order valence-corrected chi connectivity index (χ0v) is 20.6. The van der Waals surface area contributed by atoms with Gasteiger partial charge in [-0.25, -0.2) is 4.98 Å². The first-order valence-electron chi connectivity index (χ1n) is 9.67. The Morgan fingerprint density at radius 2 is 2.12 bits per heavy atom. The number of thiazole rings is 1. The number of nitrogens with zero attached hydrogens (tertiary/aromatic N) is 5. The number of rotatable bonds is 6. The predicted octanol–water partition coefficient (Wildman–Crippen LogP) is 1.35. The summed E-state index contributed by atoms with van der Waals surface area (Å²) < 4.78 is 4.95. The van der Waals surface area contributed by atoms with Gasteiger partial charge in [-0.15, -0.1) is 23.1 Å². The number of oxime groups is 1. The van der Waals surface area contributed by atoms with Crippen LogP contribution in [-0.2, 0) is 19.2 Å². The van der Waals surface area contributed by atoms with Gasteiger partial charge in [-0.1, -0.05) is 29.9 Å². The quantitative estimate of drug-likeness (QED) is 0.184. The number of β-lactam (4-membered cyclic amide) rings is 1. The third-order valence-electron chi connectivity index (χ3n) is 5.06. The van der Waals surface area contributed by atoms with Gasteiger partial charge in [0.2, 0.25) is 16.7 Å². The van der Waals surface area contributed by atoms with Gasteiger partial charge in [0.1, 0.15) is 29.2 Å². The summed E-state index contributed by atoms with van der Waals surface area (Å²) in [7, 11) is 1.27. The van der Waals surface area contributed by atoms with Gasteiger partial charge >= 0.3 is 0 Å². The minimum Gasteiger partial charge on any atom is -0.398 e. The van der Waals surface area contributed by atoms with Crippen molar-refractivity contribution in [3.05, 3.63) is 40.8 Å². The smallest absolute Gasteiger partial charge is 0.278 e. The predicted molar refractivity (Wildman–Crippen MR) is 133 cm³/mol. The van der Waals surface area contributed by atoms with Crippen molar-refractivity contribution >= 4 is 90.8 Å². The summed E-state index contributed by atoms with van der Waals surface area (Å²) >= 11 is 7.79. The van der Waals surface area contributed by atoms with Gasteiger partial charge in [-0.05, 0) is 12.1 Å². The summed E-state index contributed by atoms with van der Waals surface area (Å²) in [4.78, 5) is 53.0. The van der Waals surface area contributed by atoms with E-state index in [9.17, 15) is 14.4 Å². The van der Waals surface area contributed by atoms with E-state index in [1.54, 1.807) is 0 Å². The molecule has 34 heavy (non-hydrogen) atoms. The monoisotopic (exact) mass is 533 g/mol. The molecule has 2 atom stereocenters. The summed E-state index contributed by atoms with van der Waals surface area (Å²) in [5.74, 6) is -0.723. The fraction of sp³-hybridized carbons (Fsp3) is 0.211. The molecule has 0 saturated carbocycles. The molecule has 1 fully saturated rings. The zero-order chi connectivity index (χ0) is 24.0. The van der Waals surface area contributed by atoms with Crippen LogP contribution in [0.5, 0.6) is 0 Å². The van der Waals surface area contributed by atoms with Gasteiger partial charge < -0.3 is 15.9 Å². The maximum atomic E-state index is 13.1. The molecule has 1 unspecified atom stereocenters. The fourth-order valence-electron chi connectivity index (χ4n) is 3.60. The topological polar surface area (TPSA) is 153 Å². The van der Waals surface area contributed by atoms with Crippen LogP contribution in [0.3, 0.4) is 0 Å². The standard InChI is InChI=1S/C19H15N7O4S4/c1-30-24-10(13-23-19(20)34-25-13)14(27)22-11-16(28)26-12(18(29)31)7(6-32-17(11)26)15-21-8-4-2-3-5-9(8)33-15/h2-5,11,17H,6H2,1H3,(H,22,27)(H,29,31)(H2,20,23,25)/b24-10+/t11?,17-/m1/s1. The Morgan fingerprint density at radius 1 is 1.32 bits per heavy atom. The van der Waals surface area contributed by atoms with E-state index in [0.29, 0.717) is 16.3 Å². The van der Waals surface area contributed by atoms with Crippen molar-refractivity contribution in [1.82, 2.24) is 24.6 Å². The number of para-hydroxylation sites is 1. The number of anilines is 1. The number of amides is 2. The molecule has 0 spiro atoms. The molecule has 1 saturated heterocycles. The molecule has 4 heterocycles. The lowest BCUT2D eigenvalue weighted by Crippen LogP contribution is -2.70. The molecule has 2 aromatic heterocycles. The van der Waals surface area contributed by atoms with E-state index in [4.69, 9.17) is 10.6 Å². The molecule has 1 aromatic carbocycles. The highest BCUT2D eigenvalue weighted by Gasteiger charge is 2.54. The number of benzene rings is 1. The lowest BCUT2D eigenvalue weighted by molar-refractivity contribution is -0.145. The van der Waals surface area contributed by atoms with Crippen molar-refractivity contribution in [2.45, 2.75) is 11.4 Å². The maximum absolute atomic E-state index is 13.1. The number of hydrogen-bond acceptors (Lipinski definition) is 12. The second kappa shape index (κ2) is 8.98. The second-order valence-corrected chi connectivity index (χ2v) is 10.4. The van der Waals surface area contributed by atoms with Crippen LogP contribution in [0.25, 0.3) is 15.8 Å². The summed E-state index contributed by atoms with van der Waals surface area (Å²) in [5.41, 5.74) is 7.02. The van der Waals surface area contributed by atoms with Crippen molar-refractivity contribution in [3.63, 3.8) is 0 Å². The first kappa shape index (κ1) is 22.8. The van der Waals surface area contributed by atoms with Crippen LogP contribution in [0.2, 0.25) is 0 Å². The van der Waals surface area contributed by atoms with Crippen molar-refractivity contribution in [2.24, 2.45) is 5.16 Å². The Balaban J connectivity index is 1.41. The van der Waals surface area contributed by atoms with Gasteiger partial charge in [0.15, 0.2) is 5.13 Å². The van der Waals surface area contributed by atoms with E-state index in [-0.39, 0.29) is 22.4 Å². The molecule has 5 rings (SSSR count). The molecule has 2 aliphatic heterocycles. The van der Waals surface area contributed by atoms with Gasteiger partial charge in [-0.3, -0.25) is 19.3 Å². The van der Waals surface area contributed by atoms with E-state index in [2.05, 4.69) is 37.4 Å². The highest BCUT2D eigenvalue weighted by Crippen LogP contribution is 2.45. The number of fused-ring (bicyclic) bond motifs is 2. The first-order valence-corrected chi connectivity index (χ1v) is 12.8. The molecule has 3 aromatic rings. The number of hydrogen-bond donors (Lipinski definition) is 3. The van der Waals surface area contributed by atoms with Crippen LogP contribution >= 0.6 is 47.3 Å². The second-order valence-electron chi connectivity index (χ2n) is 7.06. The van der Waals surface area contributed by atoms with Crippen molar-refractivity contribution in [2.75, 3.05) is 18.6 Å². The van der Waals surface area contributed by atoms with E-state index in [1.165, 1.54) is 35.1 Å². The number of nitrogens with two attached hydrogens (primary N) is 1. The van der Waals surface area contributed by atoms with Crippen LogP contribution in [-0.4, -0.2) is 66.2 Å². The molecule has 11 nitrogen and oxygen atoms in total. The summed E-state index contributed by atoms with van der Waals surface area (Å²) in [6.07, 6.45) is 0. The minimum absolute atomic E-state index is 0.00832. The van der Waals surface area contributed by atoms with Gasteiger partial charge in [0.05, 0.1) is 10.2 Å². The number of thioether (sulfide) groups is 1. The number of thiol groups is 1. The number of nitrogen functional groups attached to an aromatic ring is 1. The highest BCUT2D eigenvalue weighted by molar-refractivity contribution is 8.00. The van der Waals surface area contributed by atoms with Crippen molar-refractivity contribution in [1.29, 1.82) is 0 Å². The summed E-state index contributed by atoms with van der Waals surface area (Å²) in [6, 6.07) is 6.76. The van der Waals surface area contributed by atoms with E-state index in [1.807, 2.05) is 24.3 Å². The van der Waals surface area contributed by atoms with Gasteiger partial charge in [0.25, 0.3) is 11.8 Å². The first-order chi connectivity index (χ1) is 16.4. The SMILES string of the molecule is CO/N=C(/C(=O)NC1C(=O)N2C(C(=O)S)=C(c3nc4ccccc4s3)CS[C@H]12)c1nsc(N)n1. The van der Waals surface area contributed by atoms with Crippen molar-refractivity contribution in [3.8, 4) is 0 Å². The molecular weight excluding hydrogens is 519 g/mol. The Bertz CT molecular complexity index is 1360. The van der Waals surface area contributed by atoms with Gasteiger partial charge in [-0.2, -0.15) is 9.36 Å². The average Bonchev–Trinajstić information content (AvgIpc) is 3.45. The third kappa shape index (κ3) is 3.83.